The first-order valence-electron chi connectivity index (χ1n) is 6.97. The van der Waals surface area contributed by atoms with E-state index in [4.69, 9.17) is 9.88 Å². The minimum absolute atomic E-state index is 0.0421. The fraction of sp³-hybridized carbons (Fsp3) is 0.500. The molecule has 1 aromatic rings. The van der Waals surface area contributed by atoms with Crippen LogP contribution in [0.15, 0.2) is 23.1 Å². The molecule has 0 bridgehead atoms. The van der Waals surface area contributed by atoms with Gasteiger partial charge in [0.2, 0.25) is 10.0 Å². The lowest BCUT2D eigenvalue weighted by Crippen LogP contribution is -2.32. The lowest BCUT2D eigenvalue weighted by Gasteiger charge is -2.13. The van der Waals surface area contributed by atoms with Gasteiger partial charge < -0.3 is 10.1 Å². The van der Waals surface area contributed by atoms with E-state index in [9.17, 15) is 13.2 Å². The third-order valence-corrected chi connectivity index (χ3v) is 4.46. The molecule has 1 aliphatic rings. The number of aryl methyl sites for hydroxylation is 1. The summed E-state index contributed by atoms with van der Waals surface area (Å²) < 4.78 is 28.2. The molecule has 7 heteroatoms. The minimum Gasteiger partial charge on any atom is -0.376 e. The highest BCUT2D eigenvalue weighted by Crippen LogP contribution is 2.17. The highest BCUT2D eigenvalue weighted by Gasteiger charge is 2.19. The highest BCUT2D eigenvalue weighted by molar-refractivity contribution is 7.89. The first kappa shape index (κ1) is 15.9. The van der Waals surface area contributed by atoms with Crippen molar-refractivity contribution in [3.05, 3.63) is 29.3 Å². The maximum absolute atomic E-state index is 12.3. The summed E-state index contributed by atoms with van der Waals surface area (Å²) in [6, 6.07) is 4.38. The number of carbonyl (C=O) groups is 1. The molecule has 1 saturated heterocycles. The average molecular weight is 312 g/mol. The van der Waals surface area contributed by atoms with Crippen LogP contribution in [0.3, 0.4) is 0 Å². The molecular weight excluding hydrogens is 292 g/mol. The summed E-state index contributed by atoms with van der Waals surface area (Å²) in [7, 11) is -3.82. The number of nitrogens with two attached hydrogens (primary N) is 1. The van der Waals surface area contributed by atoms with Crippen LogP contribution in [0.1, 0.15) is 35.7 Å². The SMILES string of the molecule is CCc1ccc(S(N)(=O)=O)cc1C(=O)NCC1CCCO1. The lowest BCUT2D eigenvalue weighted by atomic mass is 10.0. The van der Waals surface area contributed by atoms with Gasteiger partial charge in [0.05, 0.1) is 11.0 Å². The molecule has 21 heavy (non-hydrogen) atoms. The van der Waals surface area contributed by atoms with Crippen molar-refractivity contribution < 1.29 is 17.9 Å². The Kier molecular flexibility index (Phi) is 4.97. The zero-order chi connectivity index (χ0) is 15.5. The van der Waals surface area contributed by atoms with E-state index < -0.39 is 10.0 Å². The van der Waals surface area contributed by atoms with E-state index in [-0.39, 0.29) is 16.9 Å². The molecule has 6 nitrogen and oxygen atoms in total. The largest absolute Gasteiger partial charge is 0.376 e. The van der Waals surface area contributed by atoms with E-state index >= 15 is 0 Å². The van der Waals surface area contributed by atoms with Gasteiger partial charge in [-0.2, -0.15) is 0 Å². The number of benzene rings is 1. The van der Waals surface area contributed by atoms with Gasteiger partial charge in [-0.1, -0.05) is 13.0 Å². The summed E-state index contributed by atoms with van der Waals surface area (Å²) in [5, 5.41) is 7.91. The Balaban J connectivity index is 2.17. The van der Waals surface area contributed by atoms with Crippen molar-refractivity contribution in [3.63, 3.8) is 0 Å². The van der Waals surface area contributed by atoms with Gasteiger partial charge in [0.1, 0.15) is 0 Å². The maximum Gasteiger partial charge on any atom is 0.251 e. The van der Waals surface area contributed by atoms with E-state index in [2.05, 4.69) is 5.32 Å². The molecule has 1 fully saturated rings. The molecule has 3 N–H and O–H groups in total. The molecule has 1 heterocycles. The Morgan fingerprint density at radius 1 is 1.48 bits per heavy atom. The number of nitrogens with one attached hydrogen (secondary N) is 1. The molecule has 0 saturated carbocycles. The number of primary sulfonamides is 1. The molecular formula is C14H20N2O4S. The zero-order valence-electron chi connectivity index (χ0n) is 12.0. The Labute approximate surface area is 124 Å². The van der Waals surface area contributed by atoms with Gasteiger partial charge in [0.25, 0.3) is 5.91 Å². The summed E-state index contributed by atoms with van der Waals surface area (Å²) >= 11 is 0. The first-order chi connectivity index (χ1) is 9.91. The van der Waals surface area contributed by atoms with Crippen LogP contribution in [-0.4, -0.2) is 33.6 Å². The van der Waals surface area contributed by atoms with Crippen molar-refractivity contribution in [3.8, 4) is 0 Å². The van der Waals surface area contributed by atoms with Crippen LogP contribution >= 0.6 is 0 Å². The van der Waals surface area contributed by atoms with Gasteiger partial charge in [0, 0.05) is 18.7 Å². The van der Waals surface area contributed by atoms with Crippen molar-refractivity contribution in [1.82, 2.24) is 5.32 Å². The van der Waals surface area contributed by atoms with Crippen molar-refractivity contribution in [1.29, 1.82) is 0 Å². The molecule has 0 radical (unpaired) electrons. The van der Waals surface area contributed by atoms with Crippen LogP contribution in [0.25, 0.3) is 0 Å². The Hall–Kier alpha value is -1.44. The molecule has 1 aliphatic heterocycles. The third kappa shape index (κ3) is 4.03. The van der Waals surface area contributed by atoms with E-state index in [0.717, 1.165) is 25.0 Å². The zero-order valence-corrected chi connectivity index (χ0v) is 12.8. The number of hydrogen-bond acceptors (Lipinski definition) is 4. The second-order valence-electron chi connectivity index (χ2n) is 5.06. The second-order valence-corrected chi connectivity index (χ2v) is 6.62. The maximum atomic E-state index is 12.3. The topological polar surface area (TPSA) is 98.5 Å². The molecule has 1 aromatic carbocycles. The quantitative estimate of drug-likeness (QED) is 0.840. The van der Waals surface area contributed by atoms with Gasteiger partial charge in [0.15, 0.2) is 0 Å². The number of amides is 1. The van der Waals surface area contributed by atoms with Gasteiger partial charge in [-0.25, -0.2) is 13.6 Å². The summed E-state index contributed by atoms with van der Waals surface area (Å²) in [5.74, 6) is -0.298. The Morgan fingerprint density at radius 2 is 2.24 bits per heavy atom. The van der Waals surface area contributed by atoms with Gasteiger partial charge >= 0.3 is 0 Å². The van der Waals surface area contributed by atoms with Crippen molar-refractivity contribution in [2.24, 2.45) is 5.14 Å². The number of rotatable bonds is 5. The number of ether oxygens (including phenoxy) is 1. The summed E-state index contributed by atoms with van der Waals surface area (Å²) in [5.41, 5.74) is 1.13. The van der Waals surface area contributed by atoms with E-state index in [1.165, 1.54) is 12.1 Å². The van der Waals surface area contributed by atoms with Gasteiger partial charge in [-0.15, -0.1) is 0 Å². The Morgan fingerprint density at radius 3 is 2.81 bits per heavy atom. The fourth-order valence-corrected chi connectivity index (χ4v) is 2.90. The monoisotopic (exact) mass is 312 g/mol. The molecule has 2 rings (SSSR count). The van der Waals surface area contributed by atoms with Crippen LogP contribution in [0.2, 0.25) is 0 Å². The van der Waals surface area contributed by atoms with Gasteiger partial charge in [-0.05, 0) is 37.0 Å². The molecule has 0 aromatic heterocycles. The lowest BCUT2D eigenvalue weighted by molar-refractivity contribution is 0.0857. The molecule has 0 spiro atoms. The van der Waals surface area contributed by atoms with Gasteiger partial charge in [-0.3, -0.25) is 4.79 Å². The van der Waals surface area contributed by atoms with E-state index in [0.29, 0.717) is 18.5 Å². The number of hydrogen-bond donors (Lipinski definition) is 2. The predicted octanol–water partition coefficient (Wildman–Crippen LogP) is 0.805. The van der Waals surface area contributed by atoms with E-state index in [1.54, 1.807) is 6.07 Å². The minimum atomic E-state index is -3.82. The molecule has 116 valence electrons. The summed E-state index contributed by atoms with van der Waals surface area (Å²) in [4.78, 5) is 12.2. The van der Waals surface area contributed by atoms with Crippen molar-refractivity contribution in [2.45, 2.75) is 37.2 Å². The highest BCUT2D eigenvalue weighted by atomic mass is 32.2. The predicted molar refractivity (Wildman–Crippen MR) is 78.5 cm³/mol. The average Bonchev–Trinajstić information content (AvgIpc) is 2.96. The smallest absolute Gasteiger partial charge is 0.251 e. The number of sulfonamides is 1. The van der Waals surface area contributed by atoms with Crippen LogP contribution in [0.4, 0.5) is 0 Å². The molecule has 1 atom stereocenters. The molecule has 1 unspecified atom stereocenters. The summed E-state index contributed by atoms with van der Waals surface area (Å²) in [6.07, 6.45) is 2.60. The molecule has 1 amide bonds. The van der Waals surface area contributed by atoms with Crippen LogP contribution in [-0.2, 0) is 21.2 Å². The molecule has 0 aliphatic carbocycles. The fourth-order valence-electron chi connectivity index (χ4n) is 2.36. The summed E-state index contributed by atoms with van der Waals surface area (Å²) in [6.45, 7) is 3.06. The van der Waals surface area contributed by atoms with Crippen LogP contribution in [0, 0.1) is 0 Å². The van der Waals surface area contributed by atoms with Crippen LogP contribution < -0.4 is 10.5 Å². The van der Waals surface area contributed by atoms with Crippen LogP contribution in [0.5, 0.6) is 0 Å². The van der Waals surface area contributed by atoms with E-state index in [1.807, 2.05) is 6.92 Å². The third-order valence-electron chi connectivity index (χ3n) is 3.55. The number of carbonyl (C=O) groups excluding carboxylic acids is 1. The first-order valence-corrected chi connectivity index (χ1v) is 8.52. The second kappa shape index (κ2) is 6.55. The van der Waals surface area contributed by atoms with Crippen molar-refractivity contribution in [2.75, 3.05) is 13.2 Å². The van der Waals surface area contributed by atoms with Crippen molar-refractivity contribution >= 4 is 15.9 Å². The standard InChI is InChI=1S/C14H20N2O4S/c1-2-10-5-6-12(21(15,18)19)8-13(10)14(17)16-9-11-4-3-7-20-11/h5-6,8,11H,2-4,7,9H2,1H3,(H,16,17)(H2,15,18,19). The Bertz CT molecular complexity index is 622. The normalized spacial score (nSPS) is 18.7.